The number of Topliss-reactive ketones (excluding diaryl/α,β-unsaturated/α-hetero) is 1. The van der Waals surface area contributed by atoms with Crippen molar-refractivity contribution in [2.45, 2.75) is 19.8 Å². The van der Waals surface area contributed by atoms with E-state index in [0.29, 0.717) is 45.0 Å². The predicted molar refractivity (Wildman–Crippen MR) is 294 cm³/mol. The van der Waals surface area contributed by atoms with Crippen LogP contribution in [0, 0.1) is 6.92 Å². The minimum atomic E-state index is -2.94. The molecule has 0 unspecified atom stereocenters. The summed E-state index contributed by atoms with van der Waals surface area (Å²) >= 11 is 0. The number of carboxylic acid groups (broad SMARTS) is 3. The number of hydrogen-bond donors (Lipinski definition) is 4. The van der Waals surface area contributed by atoms with Crippen LogP contribution >= 0.6 is 0 Å². The molecule has 2 heterocycles. The number of benzene rings is 4. The van der Waals surface area contributed by atoms with E-state index in [9.17, 15) is 38.7 Å². The Morgan fingerprint density at radius 3 is 1.79 bits per heavy atom. The number of amides is 1. The minimum Gasteiger partial charge on any atom is -0.486 e. The van der Waals surface area contributed by atoms with Crippen molar-refractivity contribution in [2.75, 3.05) is 92.1 Å². The molecule has 80 heavy (non-hydrogen) atoms. The van der Waals surface area contributed by atoms with Crippen LogP contribution in [0.4, 0.5) is 14.4 Å². The highest BCUT2D eigenvalue weighted by Gasteiger charge is 2.30. The maximum Gasteiger partial charge on any atom is 0.679 e. The summed E-state index contributed by atoms with van der Waals surface area (Å²) in [5.41, 5.74) is 5.72. The van der Waals surface area contributed by atoms with Crippen molar-refractivity contribution in [2.24, 2.45) is 9.98 Å². The molecule has 21 nitrogen and oxygen atoms in total. The van der Waals surface area contributed by atoms with Crippen LogP contribution in [0.2, 0.25) is 0 Å². The van der Waals surface area contributed by atoms with Crippen LogP contribution in [0.15, 0.2) is 131 Å². The molecule has 4 aromatic carbocycles. The normalized spacial score (nSPS) is 12.6. The van der Waals surface area contributed by atoms with Crippen molar-refractivity contribution in [3.8, 4) is 28.1 Å². The van der Waals surface area contributed by atoms with Crippen LogP contribution in [0.25, 0.3) is 28.0 Å². The summed E-state index contributed by atoms with van der Waals surface area (Å²) in [7, 11) is -2.94. The van der Waals surface area contributed by atoms with Crippen LogP contribution in [0.1, 0.15) is 29.5 Å². The maximum atomic E-state index is 15.3. The van der Waals surface area contributed by atoms with Gasteiger partial charge in [-0.25, -0.2) is 9.98 Å². The number of carbonyl (C=O) groups is 7. The number of nitrogens with zero attached hydrogens (tertiary/aromatic N) is 7. The molecule has 0 saturated heterocycles. The number of aryl methyl sites for hydroxylation is 1. The second-order valence-electron chi connectivity index (χ2n) is 18.4. The van der Waals surface area contributed by atoms with Crippen LogP contribution in [-0.2, 0) is 43.0 Å². The lowest BCUT2D eigenvalue weighted by molar-refractivity contribution is -0.142. The van der Waals surface area contributed by atoms with Gasteiger partial charge in [-0.2, -0.15) is 0 Å². The molecule has 1 aromatic heterocycles. The molecule has 24 heteroatoms. The van der Waals surface area contributed by atoms with Crippen LogP contribution in [0.3, 0.4) is 0 Å². The minimum absolute atomic E-state index is 0.0174. The van der Waals surface area contributed by atoms with Gasteiger partial charge in [-0.15, -0.1) is 0 Å². The number of carbonyl (C=O) groups excluding carboxylic acids is 4. The molecule has 0 spiro atoms. The molecular weight excluding hydrogens is 1040 g/mol. The van der Waals surface area contributed by atoms with E-state index < -0.39 is 50.9 Å². The Balaban J connectivity index is 1.04. The Labute approximate surface area is 460 Å². The summed E-state index contributed by atoms with van der Waals surface area (Å²) in [5.74, 6) is -3.70. The Bertz CT molecular complexity index is 2980. The van der Waals surface area contributed by atoms with Gasteiger partial charge in [0, 0.05) is 74.6 Å². The average Bonchev–Trinajstić information content (AvgIpc) is 4.04. The van der Waals surface area contributed by atoms with Crippen molar-refractivity contribution in [1.82, 2.24) is 29.4 Å². The summed E-state index contributed by atoms with van der Waals surface area (Å²) in [6.07, 6.45) is 2.19. The lowest BCUT2D eigenvalue weighted by Gasteiger charge is -2.29. The third kappa shape index (κ3) is 19.0. The largest absolute Gasteiger partial charge is 0.679 e. The van der Waals surface area contributed by atoms with E-state index in [1.165, 1.54) is 14.7 Å². The second-order valence-corrected chi connectivity index (χ2v) is 18.4. The van der Waals surface area contributed by atoms with Crippen LogP contribution in [-0.4, -0.2) is 193 Å². The molecule has 0 bridgehead atoms. The summed E-state index contributed by atoms with van der Waals surface area (Å²) in [5, 5.41) is 30.7. The Morgan fingerprint density at radius 2 is 1.20 bits per heavy atom. The summed E-state index contributed by atoms with van der Waals surface area (Å²) < 4.78 is 47.1. The van der Waals surface area contributed by atoms with Gasteiger partial charge in [0.05, 0.1) is 31.9 Å². The molecule has 5 aromatic rings. The van der Waals surface area contributed by atoms with Gasteiger partial charge in [-0.3, -0.25) is 61.8 Å². The molecule has 0 atom stereocenters. The Hall–Kier alpha value is -8.71. The number of hydrogen-bond acceptors (Lipinski definition) is 15. The van der Waals surface area contributed by atoms with E-state index in [1.807, 2.05) is 73.7 Å². The van der Waals surface area contributed by atoms with Gasteiger partial charge in [0.25, 0.3) is 12.9 Å². The molecule has 1 aliphatic heterocycles. The van der Waals surface area contributed by atoms with Gasteiger partial charge < -0.3 is 39.3 Å². The lowest BCUT2D eigenvalue weighted by atomic mass is 10.0. The Morgan fingerprint density at radius 1 is 0.662 bits per heavy atom. The highest BCUT2D eigenvalue weighted by Crippen LogP contribution is 2.40. The van der Waals surface area contributed by atoms with Crippen molar-refractivity contribution in [1.29, 1.82) is 0 Å². The highest BCUT2D eigenvalue weighted by molar-refractivity contribution is 6.43. The molecule has 1 amide bonds. The van der Waals surface area contributed by atoms with Crippen molar-refractivity contribution < 1.29 is 71.7 Å². The van der Waals surface area contributed by atoms with E-state index >= 15 is 8.63 Å². The summed E-state index contributed by atoms with van der Waals surface area (Å²) in [6.45, 7) is 0.309. The zero-order chi connectivity index (χ0) is 57.4. The maximum absolute atomic E-state index is 15.3. The smallest absolute Gasteiger partial charge is 0.486 e. The number of ether oxygens (including phenoxy) is 3. The molecule has 420 valence electrons. The van der Waals surface area contributed by atoms with Gasteiger partial charge in [0.15, 0.2) is 11.6 Å². The zero-order valence-electron chi connectivity index (χ0n) is 43.9. The number of aromatic nitrogens is 1. The number of ketones is 1. The fraction of sp³-hybridized carbons (Fsp3) is 0.304. The predicted octanol–water partition coefficient (Wildman–Crippen LogP) is 5.09. The number of allylic oxidation sites excluding steroid dienone is 1. The van der Waals surface area contributed by atoms with E-state index in [4.69, 9.17) is 34.4 Å². The first kappa shape index (κ1) is 60.5. The van der Waals surface area contributed by atoms with Gasteiger partial charge in [0.1, 0.15) is 31.6 Å². The zero-order valence-corrected chi connectivity index (χ0v) is 43.9. The van der Waals surface area contributed by atoms with E-state index in [0.717, 1.165) is 15.6 Å². The average molecular weight is 1100 g/mol. The molecular formula is C56H61BF2N8O13. The SMILES string of the molecule is Cc1ccc(-c2cc(-c3ccccc3)n(B(F)F)c2N=C2N=C(c3ccccc3)C=C2c2ccc(OCC(=O)CCCNC(=O)CN(CCN(CCN(CCN(CC(=O)O)CC(=O)O)COC=O)CC(=O)O)COC=O)cc2)cc1. The van der Waals surface area contributed by atoms with Crippen LogP contribution in [0.5, 0.6) is 5.75 Å². The van der Waals surface area contributed by atoms with Crippen molar-refractivity contribution >= 4 is 72.9 Å². The number of aliphatic imine (C=N–C) groups is 2. The van der Waals surface area contributed by atoms with Crippen molar-refractivity contribution in [3.05, 3.63) is 138 Å². The molecule has 6 rings (SSSR count). The van der Waals surface area contributed by atoms with Gasteiger partial charge in [-0.1, -0.05) is 103 Å². The summed E-state index contributed by atoms with van der Waals surface area (Å²) in [6, 6.07) is 34.6. The van der Waals surface area contributed by atoms with E-state index in [-0.39, 0.29) is 116 Å². The fourth-order valence-electron chi connectivity index (χ4n) is 8.51. The monoisotopic (exact) mass is 1100 g/mol. The lowest BCUT2D eigenvalue weighted by Crippen LogP contribution is -2.46. The molecule has 4 N–H and O–H groups in total. The third-order valence-electron chi connectivity index (χ3n) is 12.5. The summed E-state index contributed by atoms with van der Waals surface area (Å²) in [4.78, 5) is 97.7. The first-order valence-electron chi connectivity index (χ1n) is 25.4. The molecule has 0 saturated carbocycles. The van der Waals surface area contributed by atoms with E-state index in [1.54, 1.807) is 59.5 Å². The number of nitrogens with one attached hydrogen (secondary N) is 1. The first-order valence-corrected chi connectivity index (χ1v) is 25.4. The topological polar surface area (TPSA) is 263 Å². The molecule has 0 fully saturated rings. The second kappa shape index (κ2) is 31.0. The first-order chi connectivity index (χ1) is 38.6. The number of carboxylic acids is 3. The number of halogens is 2. The Kier molecular flexibility index (Phi) is 23.5. The molecule has 0 radical (unpaired) electrons. The standard InChI is InChI=1S/C56H61BF2N8O13/c1-40-14-16-42(17-15-40)48-30-50(44-11-6-3-7-12-44)67(57(58)59)56(48)62-55-47(29-49(61-55)43-9-4-2-5-10-43)41-18-20-46(21-19-41)80-35-45(70)13-8-22-60-51(71)31-66(37-79-39-69)28-24-63(32-52(72)73)23-25-64(36-78-38-68)26-27-65(33-53(74)75)34-54(76)77/h2-7,9-12,14-21,29-30,38-39H,8,13,22-28,31-37H2,1H3,(H,60,71)(H,72,73)(H,74,75)(H,76,77). The number of aliphatic carboxylic acids is 3. The van der Waals surface area contributed by atoms with Crippen LogP contribution < -0.4 is 10.1 Å². The van der Waals surface area contributed by atoms with E-state index in [2.05, 4.69) is 5.32 Å². The van der Waals surface area contributed by atoms with Crippen molar-refractivity contribution in [3.63, 3.8) is 0 Å². The number of amidine groups is 1. The molecule has 1 aliphatic rings. The van der Waals surface area contributed by atoms with Gasteiger partial charge >= 0.3 is 25.3 Å². The molecule has 0 aliphatic carbocycles. The third-order valence-corrected chi connectivity index (χ3v) is 12.5. The fourth-order valence-corrected chi connectivity index (χ4v) is 8.51. The number of rotatable bonds is 36. The van der Waals surface area contributed by atoms with Gasteiger partial charge in [0.2, 0.25) is 5.91 Å². The quantitative estimate of drug-likeness (QED) is 0.0176. The highest BCUT2D eigenvalue weighted by atomic mass is 19.2. The van der Waals surface area contributed by atoms with Gasteiger partial charge in [-0.05, 0) is 54.3 Å².